The lowest BCUT2D eigenvalue weighted by Gasteiger charge is -2.22. The van der Waals surface area contributed by atoms with Gasteiger partial charge in [0.1, 0.15) is 0 Å². The van der Waals surface area contributed by atoms with E-state index < -0.39 is 5.97 Å². The van der Waals surface area contributed by atoms with E-state index in [0.717, 1.165) is 70.5 Å². The molecule has 0 spiro atoms. The maximum absolute atomic E-state index is 12.4. The molecule has 1 amide bonds. The van der Waals surface area contributed by atoms with Gasteiger partial charge in [0.25, 0.3) is 0 Å². The van der Waals surface area contributed by atoms with Gasteiger partial charge < -0.3 is 15.1 Å². The number of allylic oxidation sites excluding steroid dienone is 2. The molecule has 2 N–H and O–H groups in total. The molecule has 7 heteroatoms. The predicted octanol–water partition coefficient (Wildman–Crippen LogP) is 16.8. The summed E-state index contributed by atoms with van der Waals surface area (Å²) in [5.74, 6) is 0.434. The van der Waals surface area contributed by atoms with Gasteiger partial charge in [0.2, 0.25) is 5.91 Å². The van der Waals surface area contributed by atoms with Crippen LogP contribution >= 0.6 is 0 Å². The molecule has 0 aliphatic heterocycles. The van der Waals surface area contributed by atoms with E-state index in [4.69, 9.17) is 9.94 Å². The van der Waals surface area contributed by atoms with Gasteiger partial charge in [-0.25, -0.2) is 5.06 Å². The maximum Gasteiger partial charge on any atom is 0.303 e. The van der Waals surface area contributed by atoms with Crippen LogP contribution in [0.3, 0.4) is 0 Å². The van der Waals surface area contributed by atoms with Crippen LogP contribution in [0.25, 0.3) is 0 Å². The van der Waals surface area contributed by atoms with Crippen LogP contribution in [-0.2, 0) is 14.4 Å². The first kappa shape index (κ1) is 63.6. The van der Waals surface area contributed by atoms with Crippen LogP contribution in [0.15, 0.2) is 12.2 Å². The zero-order valence-electron chi connectivity index (χ0n) is 43.4. The van der Waals surface area contributed by atoms with Crippen LogP contribution in [0.5, 0.6) is 0 Å². The molecule has 0 heterocycles. The first-order valence-electron chi connectivity index (χ1n) is 27.8. The normalized spacial score (nSPS) is 11.7. The fourth-order valence-electron chi connectivity index (χ4n) is 8.83. The second-order valence-corrected chi connectivity index (χ2v) is 19.2. The number of aliphatic hydroxyl groups excluding tert-OH is 1. The Kier molecular flexibility index (Phi) is 53.7. The summed E-state index contributed by atoms with van der Waals surface area (Å²) in [6, 6.07) is 0. The molecule has 0 aromatic heterocycles. The largest absolute Gasteiger partial charge is 0.481 e. The van der Waals surface area contributed by atoms with E-state index in [1.165, 1.54) is 211 Å². The van der Waals surface area contributed by atoms with E-state index >= 15 is 0 Å². The van der Waals surface area contributed by atoms with Crippen LogP contribution in [0.2, 0.25) is 0 Å². The summed E-state index contributed by atoms with van der Waals surface area (Å²) in [5.41, 5.74) is 0. The van der Waals surface area contributed by atoms with Crippen molar-refractivity contribution in [3.8, 4) is 0 Å². The van der Waals surface area contributed by atoms with Crippen molar-refractivity contribution >= 4 is 11.9 Å². The van der Waals surface area contributed by atoms with Crippen molar-refractivity contribution in [3.05, 3.63) is 12.2 Å². The first-order chi connectivity index (χ1) is 30.8. The number of hydrogen-bond acceptors (Lipinski definition) is 5. The quantitative estimate of drug-likeness (QED) is 0.0359. The zero-order valence-corrected chi connectivity index (χ0v) is 43.4. The number of carboxylic acids is 1. The van der Waals surface area contributed by atoms with E-state index in [-0.39, 0.29) is 18.4 Å². The average Bonchev–Trinajstić information content (AvgIpc) is 3.28. The average molecular weight is 894 g/mol. The zero-order chi connectivity index (χ0) is 46.7. The number of unbranched alkanes of at least 4 members (excludes halogenated alkanes) is 29. The third-order valence-electron chi connectivity index (χ3n) is 13.1. The van der Waals surface area contributed by atoms with E-state index in [1.807, 2.05) is 0 Å². The highest BCUT2D eigenvalue weighted by molar-refractivity contribution is 5.77. The Hall–Kier alpha value is -1.44. The molecule has 0 aromatic carbocycles. The third-order valence-corrected chi connectivity index (χ3v) is 13.1. The lowest BCUT2D eigenvalue weighted by Crippen LogP contribution is -2.32. The van der Waals surface area contributed by atoms with Crippen LogP contribution in [0, 0.1) is 11.8 Å². The van der Waals surface area contributed by atoms with Crippen molar-refractivity contribution in [2.75, 3.05) is 40.4 Å². The minimum Gasteiger partial charge on any atom is -0.481 e. The summed E-state index contributed by atoms with van der Waals surface area (Å²) in [6.07, 6.45) is 55.5. The van der Waals surface area contributed by atoms with Crippen LogP contribution in [0.4, 0.5) is 0 Å². The molecule has 376 valence electrons. The van der Waals surface area contributed by atoms with Crippen molar-refractivity contribution in [2.45, 2.75) is 285 Å². The summed E-state index contributed by atoms with van der Waals surface area (Å²) < 4.78 is 0. The predicted molar refractivity (Wildman–Crippen MR) is 274 cm³/mol. The smallest absolute Gasteiger partial charge is 0.303 e. The van der Waals surface area contributed by atoms with Gasteiger partial charge in [-0.15, -0.1) is 0 Å². The highest BCUT2D eigenvalue weighted by Gasteiger charge is 2.21. The van der Waals surface area contributed by atoms with E-state index in [0.29, 0.717) is 6.42 Å². The number of hydroxylamine groups is 2. The molecule has 0 atom stereocenters. The maximum atomic E-state index is 12.4. The van der Waals surface area contributed by atoms with Gasteiger partial charge in [0.15, 0.2) is 0 Å². The summed E-state index contributed by atoms with van der Waals surface area (Å²) in [6.45, 7) is 12.3. The minimum atomic E-state index is -0.683. The Morgan fingerprint density at radius 3 is 1.25 bits per heavy atom. The number of carbonyl (C=O) groups excluding carboxylic acids is 1. The number of aliphatic hydroxyl groups is 1. The van der Waals surface area contributed by atoms with Crippen LogP contribution in [-0.4, -0.2) is 72.5 Å². The molecule has 0 radical (unpaired) electrons. The van der Waals surface area contributed by atoms with Gasteiger partial charge in [0.05, 0.1) is 13.7 Å². The summed E-state index contributed by atoms with van der Waals surface area (Å²) >= 11 is 0. The molecule has 0 fully saturated rings. The van der Waals surface area contributed by atoms with Crippen molar-refractivity contribution in [2.24, 2.45) is 11.8 Å². The third kappa shape index (κ3) is 48.3. The number of carboxylic acid groups (broad SMARTS) is 1. The number of aliphatic carboxylic acids is 1. The minimum absolute atomic E-state index is 0.150. The number of amides is 1. The van der Waals surface area contributed by atoms with Gasteiger partial charge in [-0.2, -0.15) is 0 Å². The van der Waals surface area contributed by atoms with E-state index in [1.54, 1.807) is 14.2 Å². The fourth-order valence-corrected chi connectivity index (χ4v) is 8.83. The molecular formula is C56H112N2O5. The second kappa shape index (κ2) is 53.2. The van der Waals surface area contributed by atoms with Gasteiger partial charge >= 0.3 is 5.97 Å². The molecule has 63 heavy (non-hydrogen) atoms. The Morgan fingerprint density at radius 1 is 0.492 bits per heavy atom. The number of nitrogens with zero attached hydrogens (tertiary/aromatic N) is 2. The Bertz CT molecular complexity index is 913. The molecule has 0 aliphatic carbocycles. The molecule has 0 aliphatic rings. The molecule has 0 rings (SSSR count). The lowest BCUT2D eigenvalue weighted by molar-refractivity contribution is -0.174. The molecule has 0 aromatic rings. The topological polar surface area (TPSA) is 90.3 Å². The Morgan fingerprint density at radius 2 is 0.857 bits per heavy atom. The van der Waals surface area contributed by atoms with Crippen LogP contribution in [0.1, 0.15) is 285 Å². The number of carbonyl (C=O) groups is 2. The molecular weight excluding hydrogens is 781 g/mol. The first-order valence-corrected chi connectivity index (χ1v) is 27.8. The van der Waals surface area contributed by atoms with E-state index in [9.17, 15) is 14.7 Å². The Balaban J connectivity index is 0. The molecule has 0 bridgehead atoms. The monoisotopic (exact) mass is 893 g/mol. The van der Waals surface area contributed by atoms with Gasteiger partial charge in [-0.1, -0.05) is 232 Å². The molecule has 7 nitrogen and oxygen atoms in total. The standard InChI is InChI=1S/C36H71NO3.C20H41NO2/c1-3-5-7-9-15-21-27-35(28-22-16-10-8-6-4-2)29-23-17-12-11-13-19-25-31-37(33-34-38)32-26-20-14-18-24-30-36(39)40;1-5-7-9-11-13-15-17-19(20(22)21(3)23-4)18-16-14-12-10-8-6-2/h23,29,35,38H,3-22,24-28,30-34H2,1-2H3,(H,39,40);19H,5-18H2,1-4H3/b29-23-;. The summed E-state index contributed by atoms with van der Waals surface area (Å²) in [7, 11) is 3.31. The van der Waals surface area contributed by atoms with E-state index in [2.05, 4.69) is 44.7 Å². The Labute approximate surface area is 394 Å². The summed E-state index contributed by atoms with van der Waals surface area (Å²) in [4.78, 5) is 30.5. The van der Waals surface area contributed by atoms with Gasteiger partial charge in [-0.3, -0.25) is 14.4 Å². The van der Waals surface area contributed by atoms with Gasteiger partial charge in [0, 0.05) is 25.9 Å². The SMILES string of the molecule is CCCCCCCCC(/C=C\CCCCCCCN(CCO)CCCCCCCC(=O)O)CCCCCCCC.CCCCCCCCC(CCCCCCCC)C(=O)N(C)OC. The van der Waals surface area contributed by atoms with Crippen molar-refractivity contribution in [3.63, 3.8) is 0 Å². The molecule has 0 saturated carbocycles. The number of hydrogen-bond donors (Lipinski definition) is 2. The second-order valence-electron chi connectivity index (χ2n) is 19.2. The fraction of sp³-hybridized carbons (Fsp3) is 0.929. The summed E-state index contributed by atoms with van der Waals surface area (Å²) in [5, 5.41) is 19.5. The van der Waals surface area contributed by atoms with Crippen molar-refractivity contribution in [1.29, 1.82) is 0 Å². The molecule has 0 unspecified atom stereocenters. The lowest BCUT2D eigenvalue weighted by atomic mass is 9.93. The van der Waals surface area contributed by atoms with Crippen molar-refractivity contribution in [1.82, 2.24) is 9.96 Å². The highest BCUT2D eigenvalue weighted by Crippen LogP contribution is 2.23. The van der Waals surface area contributed by atoms with Gasteiger partial charge in [-0.05, 0) is 76.8 Å². The highest BCUT2D eigenvalue weighted by atomic mass is 16.7. The number of rotatable bonds is 49. The molecule has 0 saturated heterocycles. The van der Waals surface area contributed by atoms with Crippen molar-refractivity contribution < 1.29 is 24.6 Å². The van der Waals surface area contributed by atoms with Crippen LogP contribution < -0.4 is 0 Å².